The predicted molar refractivity (Wildman–Crippen MR) is 115 cm³/mol. The van der Waals surface area contributed by atoms with Crippen molar-refractivity contribution in [2.75, 3.05) is 23.9 Å². The summed E-state index contributed by atoms with van der Waals surface area (Å²) < 4.78 is 28.5. The summed E-state index contributed by atoms with van der Waals surface area (Å²) in [5.41, 5.74) is 8.48. The van der Waals surface area contributed by atoms with Crippen LogP contribution in [0.2, 0.25) is 0 Å². The number of nitrogen functional groups attached to an aromatic ring is 1. The Labute approximate surface area is 173 Å². The standard InChI is InChI=1S/C19H23N5O3S2/c1-11-16(18-23-14-5-3-4-6-15(14)28-18)17(24-19(20)21-11)22-13-8-7-12(9-13)10-27-29(2,25)26/h3-6,12-13H,7-10H2,1-2H3,(H3,20,21,22,24)/t12-,13+/m1/s1. The molecule has 0 aliphatic heterocycles. The Morgan fingerprint density at radius 2 is 2.03 bits per heavy atom. The normalized spacial score (nSPS) is 19.7. The number of fused-ring (bicyclic) bond motifs is 1. The van der Waals surface area contributed by atoms with Gasteiger partial charge in [-0.1, -0.05) is 12.1 Å². The van der Waals surface area contributed by atoms with E-state index in [0.29, 0.717) is 5.82 Å². The molecule has 0 bridgehead atoms. The first-order valence-corrected chi connectivity index (χ1v) is 12.0. The number of anilines is 2. The Balaban J connectivity index is 1.58. The van der Waals surface area contributed by atoms with Crippen LogP contribution in [0.25, 0.3) is 20.8 Å². The Kier molecular flexibility index (Phi) is 5.41. The molecule has 0 amide bonds. The second-order valence-corrected chi connectivity index (χ2v) is 10.1. The molecule has 0 spiro atoms. The molecule has 29 heavy (non-hydrogen) atoms. The van der Waals surface area contributed by atoms with Gasteiger partial charge in [-0.2, -0.15) is 13.4 Å². The van der Waals surface area contributed by atoms with E-state index >= 15 is 0 Å². The van der Waals surface area contributed by atoms with E-state index in [9.17, 15) is 8.42 Å². The number of hydrogen-bond acceptors (Lipinski definition) is 9. The summed E-state index contributed by atoms with van der Waals surface area (Å²) in [6.07, 6.45) is 3.68. The highest BCUT2D eigenvalue weighted by Crippen LogP contribution is 2.37. The lowest BCUT2D eigenvalue weighted by Gasteiger charge is -2.17. The minimum Gasteiger partial charge on any atom is -0.368 e. The number of benzene rings is 1. The molecule has 1 aliphatic rings. The van der Waals surface area contributed by atoms with E-state index in [1.165, 1.54) is 0 Å². The van der Waals surface area contributed by atoms with Gasteiger partial charge in [0, 0.05) is 6.04 Å². The van der Waals surface area contributed by atoms with Crippen molar-refractivity contribution in [3.05, 3.63) is 30.0 Å². The highest BCUT2D eigenvalue weighted by molar-refractivity contribution is 7.85. The lowest BCUT2D eigenvalue weighted by molar-refractivity contribution is 0.258. The van der Waals surface area contributed by atoms with Crippen molar-refractivity contribution in [2.24, 2.45) is 5.92 Å². The molecule has 0 radical (unpaired) electrons. The number of aromatic nitrogens is 3. The highest BCUT2D eigenvalue weighted by Gasteiger charge is 2.28. The summed E-state index contributed by atoms with van der Waals surface area (Å²) in [4.78, 5) is 13.5. The van der Waals surface area contributed by atoms with Crippen molar-refractivity contribution >= 4 is 43.4 Å². The summed E-state index contributed by atoms with van der Waals surface area (Å²) >= 11 is 1.60. The Morgan fingerprint density at radius 1 is 1.24 bits per heavy atom. The van der Waals surface area contributed by atoms with Crippen molar-refractivity contribution in [1.82, 2.24) is 15.0 Å². The van der Waals surface area contributed by atoms with E-state index < -0.39 is 10.1 Å². The fourth-order valence-corrected chi connectivity index (χ4v) is 5.21. The van der Waals surface area contributed by atoms with E-state index in [-0.39, 0.29) is 24.5 Å². The minimum atomic E-state index is -3.42. The zero-order valence-corrected chi connectivity index (χ0v) is 17.9. The molecule has 1 aliphatic carbocycles. The maximum atomic E-state index is 11.2. The first-order valence-electron chi connectivity index (χ1n) is 9.39. The molecule has 1 aromatic carbocycles. The van der Waals surface area contributed by atoms with Crippen LogP contribution in [0.5, 0.6) is 0 Å². The second-order valence-electron chi connectivity index (χ2n) is 7.39. The number of para-hydroxylation sites is 1. The van der Waals surface area contributed by atoms with Gasteiger partial charge in [0.2, 0.25) is 5.95 Å². The lowest BCUT2D eigenvalue weighted by atomic mass is 10.1. The van der Waals surface area contributed by atoms with Crippen LogP contribution in [0.3, 0.4) is 0 Å². The van der Waals surface area contributed by atoms with E-state index in [1.54, 1.807) is 11.3 Å². The fourth-order valence-electron chi connectivity index (χ4n) is 3.70. The van der Waals surface area contributed by atoms with E-state index in [2.05, 4.69) is 15.3 Å². The van der Waals surface area contributed by atoms with E-state index in [4.69, 9.17) is 14.9 Å². The van der Waals surface area contributed by atoms with Gasteiger partial charge in [0.1, 0.15) is 10.8 Å². The molecule has 2 heterocycles. The molecule has 3 aromatic rings. The van der Waals surface area contributed by atoms with Crippen molar-refractivity contribution < 1.29 is 12.6 Å². The summed E-state index contributed by atoms with van der Waals surface area (Å²) in [7, 11) is -3.42. The quantitative estimate of drug-likeness (QED) is 0.569. The van der Waals surface area contributed by atoms with Gasteiger partial charge < -0.3 is 11.1 Å². The topological polar surface area (TPSA) is 120 Å². The van der Waals surface area contributed by atoms with Crippen molar-refractivity contribution in [3.8, 4) is 10.6 Å². The van der Waals surface area contributed by atoms with Gasteiger partial charge in [-0.25, -0.2) is 9.97 Å². The average Bonchev–Trinajstić information content (AvgIpc) is 3.25. The lowest BCUT2D eigenvalue weighted by Crippen LogP contribution is -2.19. The molecule has 8 nitrogen and oxygen atoms in total. The predicted octanol–water partition coefficient (Wildman–Crippen LogP) is 3.20. The summed E-state index contributed by atoms with van der Waals surface area (Å²) in [5, 5.41) is 4.34. The number of rotatable bonds is 6. The third kappa shape index (κ3) is 4.65. The van der Waals surface area contributed by atoms with Crippen LogP contribution in [0.1, 0.15) is 25.0 Å². The SMILES string of the molecule is Cc1nc(N)nc(N[C@H]2CC[C@@H](COS(C)(=O)=O)C2)c1-c1nc2ccccc2s1. The van der Waals surface area contributed by atoms with Gasteiger partial charge in [-0.3, -0.25) is 4.18 Å². The molecule has 154 valence electrons. The number of hydrogen-bond donors (Lipinski definition) is 2. The first-order chi connectivity index (χ1) is 13.8. The number of nitrogens with two attached hydrogens (primary N) is 1. The molecule has 2 aromatic heterocycles. The van der Waals surface area contributed by atoms with Crippen LogP contribution in [0, 0.1) is 12.8 Å². The van der Waals surface area contributed by atoms with Crippen LogP contribution in [0.15, 0.2) is 24.3 Å². The number of nitrogens with zero attached hydrogens (tertiary/aromatic N) is 3. The third-order valence-corrected chi connectivity index (χ3v) is 6.63. The maximum Gasteiger partial charge on any atom is 0.264 e. The number of nitrogens with one attached hydrogen (secondary N) is 1. The second kappa shape index (κ2) is 7.85. The van der Waals surface area contributed by atoms with E-state index in [1.807, 2.05) is 31.2 Å². The smallest absolute Gasteiger partial charge is 0.264 e. The zero-order valence-electron chi connectivity index (χ0n) is 16.3. The molecular weight excluding hydrogens is 410 g/mol. The third-order valence-electron chi connectivity index (χ3n) is 5.01. The first kappa shape index (κ1) is 20.0. The van der Waals surface area contributed by atoms with Crippen LogP contribution in [0.4, 0.5) is 11.8 Å². The molecule has 2 atom stereocenters. The van der Waals surface area contributed by atoms with Crippen molar-refractivity contribution in [3.63, 3.8) is 0 Å². The Bertz CT molecular complexity index is 1110. The van der Waals surface area contributed by atoms with Gasteiger partial charge in [0.25, 0.3) is 10.1 Å². The summed E-state index contributed by atoms with van der Waals surface area (Å²) in [6, 6.07) is 8.14. The molecule has 4 rings (SSSR count). The Morgan fingerprint density at radius 3 is 2.79 bits per heavy atom. The molecule has 3 N–H and O–H groups in total. The summed E-state index contributed by atoms with van der Waals surface area (Å²) in [6.45, 7) is 2.12. The monoisotopic (exact) mass is 433 g/mol. The largest absolute Gasteiger partial charge is 0.368 e. The van der Waals surface area contributed by atoms with Gasteiger partial charge in [-0.05, 0) is 44.2 Å². The molecule has 1 saturated carbocycles. The van der Waals surface area contributed by atoms with Crippen LogP contribution < -0.4 is 11.1 Å². The molecule has 0 saturated heterocycles. The molecule has 10 heteroatoms. The zero-order chi connectivity index (χ0) is 20.6. The molecular formula is C19H23N5O3S2. The van der Waals surface area contributed by atoms with Crippen LogP contribution in [-0.2, 0) is 14.3 Å². The van der Waals surface area contributed by atoms with Crippen LogP contribution in [-0.4, -0.2) is 42.3 Å². The fraction of sp³-hybridized carbons (Fsp3) is 0.421. The highest BCUT2D eigenvalue weighted by atomic mass is 32.2. The Hall–Kier alpha value is -2.30. The van der Waals surface area contributed by atoms with Crippen LogP contribution >= 0.6 is 11.3 Å². The van der Waals surface area contributed by atoms with Crippen molar-refractivity contribution in [1.29, 1.82) is 0 Å². The van der Waals surface area contributed by atoms with E-state index in [0.717, 1.165) is 52.0 Å². The molecule has 1 fully saturated rings. The van der Waals surface area contributed by atoms with Gasteiger partial charge in [0.15, 0.2) is 0 Å². The number of aryl methyl sites for hydroxylation is 1. The molecule has 0 unspecified atom stereocenters. The van der Waals surface area contributed by atoms with Gasteiger partial charge >= 0.3 is 0 Å². The summed E-state index contributed by atoms with van der Waals surface area (Å²) in [5.74, 6) is 1.07. The van der Waals surface area contributed by atoms with Gasteiger partial charge in [-0.15, -0.1) is 11.3 Å². The number of thiazole rings is 1. The maximum absolute atomic E-state index is 11.2. The van der Waals surface area contributed by atoms with Crippen molar-refractivity contribution in [2.45, 2.75) is 32.2 Å². The minimum absolute atomic E-state index is 0.157. The van der Waals surface area contributed by atoms with Gasteiger partial charge in [0.05, 0.1) is 34.3 Å². The average molecular weight is 434 g/mol.